The van der Waals surface area contributed by atoms with Gasteiger partial charge >= 0.3 is 6.09 Å². The third-order valence-corrected chi connectivity index (χ3v) is 3.58. The van der Waals surface area contributed by atoms with Crippen LogP contribution in [0.25, 0.3) is 0 Å². The molecule has 2 atom stereocenters. The minimum atomic E-state index is -0.582. The minimum Gasteiger partial charge on any atom is -0.458 e. The van der Waals surface area contributed by atoms with E-state index in [1.165, 1.54) is 0 Å². The first-order valence-electron chi connectivity index (χ1n) is 7.86. The van der Waals surface area contributed by atoms with Gasteiger partial charge < -0.3 is 13.9 Å². The molecular weight excluding hydrogens is 298 g/mol. The smallest absolute Gasteiger partial charge is 0.410 e. The first-order valence-corrected chi connectivity index (χ1v) is 7.86. The van der Waals surface area contributed by atoms with Crippen molar-refractivity contribution in [1.29, 1.82) is 0 Å². The number of aryl methyl sites for hydroxylation is 1. The predicted octanol–water partition coefficient (Wildman–Crippen LogP) is 3.19. The van der Waals surface area contributed by atoms with Gasteiger partial charge in [0.1, 0.15) is 11.4 Å². The highest BCUT2D eigenvalue weighted by Crippen LogP contribution is 2.22. The second-order valence-electron chi connectivity index (χ2n) is 6.97. The Morgan fingerprint density at radius 2 is 2.00 bits per heavy atom. The van der Waals surface area contributed by atoms with Gasteiger partial charge in [-0.1, -0.05) is 0 Å². The van der Waals surface area contributed by atoms with Crippen molar-refractivity contribution >= 4 is 11.9 Å². The van der Waals surface area contributed by atoms with Crippen LogP contribution in [0, 0.1) is 6.92 Å². The van der Waals surface area contributed by atoms with E-state index in [0.717, 1.165) is 0 Å². The molecule has 2 unspecified atom stereocenters. The number of rotatable bonds is 3. The first-order chi connectivity index (χ1) is 10.7. The second kappa shape index (κ2) is 6.74. The molecule has 128 valence electrons. The van der Waals surface area contributed by atoms with Crippen LogP contribution in [-0.4, -0.2) is 47.7 Å². The molecule has 0 radical (unpaired) electrons. The van der Waals surface area contributed by atoms with E-state index in [-0.39, 0.29) is 24.3 Å². The summed E-state index contributed by atoms with van der Waals surface area (Å²) in [7, 11) is 0. The zero-order valence-corrected chi connectivity index (χ0v) is 14.4. The summed E-state index contributed by atoms with van der Waals surface area (Å²) in [6, 6.07) is 2.91. The summed E-state index contributed by atoms with van der Waals surface area (Å²) in [5.41, 5.74) is -0.582. The maximum atomic E-state index is 12.5. The summed E-state index contributed by atoms with van der Waals surface area (Å²) < 4.78 is 16.3. The molecule has 6 nitrogen and oxygen atoms in total. The molecule has 0 bridgehead atoms. The number of nitrogens with zero attached hydrogens (tertiary/aromatic N) is 1. The molecule has 0 aromatic carbocycles. The zero-order chi connectivity index (χ0) is 17.2. The van der Waals surface area contributed by atoms with E-state index < -0.39 is 11.7 Å². The molecule has 0 aliphatic carbocycles. The molecule has 6 heteroatoms. The van der Waals surface area contributed by atoms with Crippen LogP contribution < -0.4 is 0 Å². The van der Waals surface area contributed by atoms with Crippen LogP contribution in [0.1, 0.15) is 50.4 Å². The molecule has 2 rings (SSSR count). The third-order valence-electron chi connectivity index (χ3n) is 3.58. The lowest BCUT2D eigenvalue weighted by Gasteiger charge is -2.40. The van der Waals surface area contributed by atoms with E-state index in [0.29, 0.717) is 24.7 Å². The molecule has 1 saturated heterocycles. The molecule has 1 aliphatic rings. The highest BCUT2D eigenvalue weighted by Gasteiger charge is 2.36. The van der Waals surface area contributed by atoms with Crippen molar-refractivity contribution in [1.82, 2.24) is 4.90 Å². The summed E-state index contributed by atoms with van der Waals surface area (Å²) >= 11 is 0. The molecular formula is C17H25NO5. The van der Waals surface area contributed by atoms with Crippen LogP contribution in [0.2, 0.25) is 0 Å². The van der Waals surface area contributed by atoms with Crippen molar-refractivity contribution < 1.29 is 23.5 Å². The Hall–Kier alpha value is -1.82. The molecule has 1 aromatic rings. The van der Waals surface area contributed by atoms with E-state index in [9.17, 15) is 9.59 Å². The fourth-order valence-corrected chi connectivity index (χ4v) is 2.60. The van der Waals surface area contributed by atoms with Crippen molar-refractivity contribution in [3.05, 3.63) is 23.7 Å². The summed E-state index contributed by atoms with van der Waals surface area (Å²) in [6.07, 6.45) is -0.266. The van der Waals surface area contributed by atoms with Gasteiger partial charge in [-0.25, -0.2) is 4.79 Å². The lowest BCUT2D eigenvalue weighted by Crippen LogP contribution is -2.55. The van der Waals surface area contributed by atoms with Crippen LogP contribution in [-0.2, 0) is 9.47 Å². The SMILES string of the molecule is Cc1ccc(C(=O)CC2COCC(C)N2C(=O)OC(C)(C)C)o1. The van der Waals surface area contributed by atoms with Gasteiger partial charge in [0, 0.05) is 6.42 Å². The Labute approximate surface area is 136 Å². The highest BCUT2D eigenvalue weighted by molar-refractivity contribution is 5.94. The summed E-state index contributed by atoms with van der Waals surface area (Å²) in [5, 5.41) is 0. The van der Waals surface area contributed by atoms with E-state index >= 15 is 0 Å². The number of amides is 1. The Balaban J connectivity index is 2.10. The summed E-state index contributed by atoms with van der Waals surface area (Å²) in [5.74, 6) is 0.852. The van der Waals surface area contributed by atoms with Gasteiger partial charge in [-0.3, -0.25) is 9.69 Å². The molecule has 1 aromatic heterocycles. The lowest BCUT2D eigenvalue weighted by atomic mass is 10.0. The number of ether oxygens (including phenoxy) is 2. The normalized spacial score (nSPS) is 22.0. The number of Topliss-reactive ketones (excluding diaryl/α,β-unsaturated/α-hetero) is 1. The van der Waals surface area contributed by atoms with Crippen LogP contribution in [0.5, 0.6) is 0 Å². The summed E-state index contributed by atoms with van der Waals surface area (Å²) in [6.45, 7) is 9.89. The largest absolute Gasteiger partial charge is 0.458 e. The van der Waals surface area contributed by atoms with Gasteiger partial charge in [-0.2, -0.15) is 0 Å². The monoisotopic (exact) mass is 323 g/mol. The Morgan fingerprint density at radius 1 is 1.30 bits per heavy atom. The van der Waals surface area contributed by atoms with E-state index in [1.54, 1.807) is 24.0 Å². The maximum absolute atomic E-state index is 12.5. The van der Waals surface area contributed by atoms with Crippen molar-refractivity contribution in [2.24, 2.45) is 0 Å². The Kier molecular flexibility index (Phi) is 5.14. The minimum absolute atomic E-state index is 0.144. The van der Waals surface area contributed by atoms with Gasteiger partial charge in [-0.15, -0.1) is 0 Å². The van der Waals surface area contributed by atoms with Crippen molar-refractivity contribution in [3.8, 4) is 0 Å². The second-order valence-corrected chi connectivity index (χ2v) is 6.97. The number of morpholine rings is 1. The number of furan rings is 1. The van der Waals surface area contributed by atoms with Gasteiger partial charge in [0.25, 0.3) is 0 Å². The molecule has 0 spiro atoms. The number of carbonyl (C=O) groups is 2. The molecule has 23 heavy (non-hydrogen) atoms. The predicted molar refractivity (Wildman–Crippen MR) is 84.5 cm³/mol. The van der Waals surface area contributed by atoms with Crippen molar-refractivity contribution in [3.63, 3.8) is 0 Å². The average Bonchev–Trinajstić information content (AvgIpc) is 2.83. The van der Waals surface area contributed by atoms with Gasteiger partial charge in [-0.05, 0) is 46.8 Å². The topological polar surface area (TPSA) is 69.0 Å². The highest BCUT2D eigenvalue weighted by atomic mass is 16.6. The number of ketones is 1. The molecule has 2 heterocycles. The molecule has 1 aliphatic heterocycles. The van der Waals surface area contributed by atoms with Crippen LogP contribution in [0.4, 0.5) is 4.79 Å². The lowest BCUT2D eigenvalue weighted by molar-refractivity contribution is -0.0559. The van der Waals surface area contributed by atoms with Crippen LogP contribution in [0.3, 0.4) is 0 Å². The standard InChI is InChI=1S/C17H25NO5/c1-11-9-21-10-13(18(11)16(20)23-17(3,4)5)8-14(19)15-7-6-12(2)22-15/h6-7,11,13H,8-10H2,1-5H3. The third kappa shape index (κ3) is 4.58. The molecule has 1 amide bonds. The Bertz CT molecular complexity index is 572. The molecule has 0 N–H and O–H groups in total. The Morgan fingerprint density at radius 3 is 2.57 bits per heavy atom. The fourth-order valence-electron chi connectivity index (χ4n) is 2.60. The molecule has 1 fully saturated rings. The fraction of sp³-hybridized carbons (Fsp3) is 0.647. The van der Waals surface area contributed by atoms with Crippen molar-refractivity contribution in [2.45, 2.75) is 58.7 Å². The number of hydrogen-bond donors (Lipinski definition) is 0. The van der Waals surface area contributed by atoms with Crippen LogP contribution >= 0.6 is 0 Å². The van der Waals surface area contributed by atoms with Gasteiger partial charge in [0.2, 0.25) is 0 Å². The first kappa shape index (κ1) is 17.5. The van der Waals surface area contributed by atoms with Crippen molar-refractivity contribution in [2.75, 3.05) is 13.2 Å². The van der Waals surface area contributed by atoms with Gasteiger partial charge in [0.05, 0.1) is 25.3 Å². The average molecular weight is 323 g/mol. The molecule has 0 saturated carbocycles. The van der Waals surface area contributed by atoms with E-state index in [2.05, 4.69) is 0 Å². The zero-order valence-electron chi connectivity index (χ0n) is 14.4. The van der Waals surface area contributed by atoms with E-state index in [4.69, 9.17) is 13.9 Å². The van der Waals surface area contributed by atoms with Crippen LogP contribution in [0.15, 0.2) is 16.5 Å². The maximum Gasteiger partial charge on any atom is 0.410 e. The number of hydrogen-bond acceptors (Lipinski definition) is 5. The van der Waals surface area contributed by atoms with E-state index in [1.807, 2.05) is 27.7 Å². The quantitative estimate of drug-likeness (QED) is 0.799. The number of carbonyl (C=O) groups excluding carboxylic acids is 2. The summed E-state index contributed by atoms with van der Waals surface area (Å²) in [4.78, 5) is 26.4. The van der Waals surface area contributed by atoms with Gasteiger partial charge in [0.15, 0.2) is 11.5 Å².